The molecule has 35 heavy (non-hydrogen) atoms. The smallest absolute Gasteiger partial charge is 0.268 e. The molecule has 5 rings (SSSR count). The number of hydrogen-bond acceptors (Lipinski definition) is 5. The van der Waals surface area contributed by atoms with Gasteiger partial charge in [0.05, 0.1) is 19.5 Å². The van der Waals surface area contributed by atoms with Crippen molar-refractivity contribution in [1.82, 2.24) is 4.90 Å². The van der Waals surface area contributed by atoms with Gasteiger partial charge >= 0.3 is 0 Å². The van der Waals surface area contributed by atoms with Crippen LogP contribution >= 0.6 is 0 Å². The first kappa shape index (κ1) is 24.2. The van der Waals surface area contributed by atoms with Crippen LogP contribution in [0, 0.1) is 0 Å². The summed E-state index contributed by atoms with van der Waals surface area (Å²) in [5.41, 5.74) is 2.29. The molecule has 2 saturated heterocycles. The maximum atomic E-state index is 12.2. The van der Waals surface area contributed by atoms with Crippen molar-refractivity contribution in [1.29, 1.82) is 0 Å². The molecule has 3 aromatic carbocycles. The van der Waals surface area contributed by atoms with Crippen LogP contribution < -0.4 is 0 Å². The summed E-state index contributed by atoms with van der Waals surface area (Å²) in [5.74, 6) is 0.0342. The fourth-order valence-electron chi connectivity index (χ4n) is 6.10. The fourth-order valence-corrected chi connectivity index (χ4v) is 7.06. The summed E-state index contributed by atoms with van der Waals surface area (Å²) in [4.78, 5) is 2.38. The maximum absolute atomic E-state index is 12.2. The largest absolute Gasteiger partial charge is 0.359 e. The van der Waals surface area contributed by atoms with Gasteiger partial charge in [-0.25, -0.2) is 0 Å². The maximum Gasteiger partial charge on any atom is 0.268 e. The summed E-state index contributed by atoms with van der Waals surface area (Å²) in [6.45, 7) is 1.41. The van der Waals surface area contributed by atoms with Crippen molar-refractivity contribution in [2.24, 2.45) is 0 Å². The number of benzene rings is 3. The first-order valence-electron chi connectivity index (χ1n) is 12.3. The van der Waals surface area contributed by atoms with Gasteiger partial charge in [0.2, 0.25) is 0 Å². The molecule has 0 aromatic heterocycles. The second-order valence-corrected chi connectivity index (χ2v) is 11.5. The predicted octanol–water partition coefficient (Wildman–Crippen LogP) is 4.97. The Morgan fingerprint density at radius 1 is 0.857 bits per heavy atom. The molecule has 0 aliphatic carbocycles. The van der Waals surface area contributed by atoms with Crippen LogP contribution in [0.4, 0.5) is 0 Å². The molecule has 2 aliphatic heterocycles. The molecule has 184 valence electrons. The zero-order valence-electron chi connectivity index (χ0n) is 20.2. The molecule has 0 N–H and O–H groups in total. The highest BCUT2D eigenvalue weighted by molar-refractivity contribution is 7.86. The van der Waals surface area contributed by atoms with Crippen LogP contribution in [0.3, 0.4) is 0 Å². The lowest BCUT2D eigenvalue weighted by molar-refractivity contribution is -0.0456. The molecule has 0 saturated carbocycles. The molecule has 2 aliphatic rings. The molecule has 0 radical (unpaired) electrons. The van der Waals surface area contributed by atoms with E-state index in [0.29, 0.717) is 6.61 Å². The first-order valence-corrected chi connectivity index (χ1v) is 13.9. The minimum atomic E-state index is -3.52. The van der Waals surface area contributed by atoms with Crippen molar-refractivity contribution in [3.63, 3.8) is 0 Å². The van der Waals surface area contributed by atoms with Crippen LogP contribution in [-0.4, -0.2) is 50.9 Å². The molecule has 2 fully saturated rings. The van der Waals surface area contributed by atoms with E-state index >= 15 is 0 Å². The minimum absolute atomic E-state index is 0.0342. The van der Waals surface area contributed by atoms with Crippen molar-refractivity contribution in [3.05, 3.63) is 108 Å². The van der Waals surface area contributed by atoms with E-state index in [1.807, 2.05) is 18.2 Å². The minimum Gasteiger partial charge on any atom is -0.359 e. The summed E-state index contributed by atoms with van der Waals surface area (Å²) >= 11 is 0. The molecular formula is C29H33NO4S. The van der Waals surface area contributed by atoms with E-state index in [1.54, 1.807) is 0 Å². The van der Waals surface area contributed by atoms with Crippen molar-refractivity contribution in [2.75, 3.05) is 26.0 Å². The molecule has 0 amide bonds. The standard InChI is InChI=1S/C29H33NO4S/c1-33-35(31,32)22-27-18-20-28(19-11-21-30(27)28)23-34-29(24-12-5-2-6-13-24,25-14-7-3-8-15-25)26-16-9-4-10-17-26/h2-10,12-17,27H,11,18-23H2,1H3/t27-,28-/m0/s1. The van der Waals surface area contributed by atoms with Gasteiger partial charge in [-0.05, 0) is 48.9 Å². The van der Waals surface area contributed by atoms with E-state index in [0.717, 1.165) is 48.9 Å². The van der Waals surface area contributed by atoms with E-state index in [4.69, 9.17) is 8.92 Å². The van der Waals surface area contributed by atoms with Gasteiger partial charge in [-0.2, -0.15) is 8.42 Å². The Labute approximate surface area is 208 Å². The predicted molar refractivity (Wildman–Crippen MR) is 138 cm³/mol. The van der Waals surface area contributed by atoms with E-state index < -0.39 is 15.7 Å². The van der Waals surface area contributed by atoms with Gasteiger partial charge in [-0.3, -0.25) is 9.08 Å². The van der Waals surface area contributed by atoms with Crippen molar-refractivity contribution >= 4 is 10.1 Å². The van der Waals surface area contributed by atoms with Crippen LogP contribution in [0.1, 0.15) is 42.4 Å². The van der Waals surface area contributed by atoms with Gasteiger partial charge in [-0.1, -0.05) is 91.0 Å². The molecule has 5 nitrogen and oxygen atoms in total. The summed E-state index contributed by atoms with van der Waals surface area (Å²) < 4.78 is 36.4. The molecule has 0 bridgehead atoms. The van der Waals surface area contributed by atoms with Crippen LogP contribution in [0.5, 0.6) is 0 Å². The zero-order valence-corrected chi connectivity index (χ0v) is 21.0. The third-order valence-corrected chi connectivity index (χ3v) is 9.08. The molecule has 6 heteroatoms. The van der Waals surface area contributed by atoms with Gasteiger partial charge < -0.3 is 4.74 Å². The number of fused-ring (bicyclic) bond motifs is 1. The molecule has 0 unspecified atom stereocenters. The lowest BCUT2D eigenvalue weighted by Gasteiger charge is -2.41. The van der Waals surface area contributed by atoms with E-state index in [9.17, 15) is 8.42 Å². The van der Waals surface area contributed by atoms with Gasteiger partial charge in [-0.15, -0.1) is 0 Å². The van der Waals surface area contributed by atoms with Gasteiger partial charge in [0, 0.05) is 11.6 Å². The number of rotatable bonds is 9. The van der Waals surface area contributed by atoms with Gasteiger partial charge in [0.1, 0.15) is 5.60 Å². The van der Waals surface area contributed by atoms with Gasteiger partial charge in [0.25, 0.3) is 10.1 Å². The Morgan fingerprint density at radius 2 is 1.37 bits per heavy atom. The van der Waals surface area contributed by atoms with E-state index in [1.165, 1.54) is 7.11 Å². The monoisotopic (exact) mass is 491 g/mol. The molecule has 2 heterocycles. The van der Waals surface area contributed by atoms with Crippen LogP contribution in [0.2, 0.25) is 0 Å². The third-order valence-electron chi connectivity index (χ3n) is 7.78. The topological polar surface area (TPSA) is 55.8 Å². The lowest BCUT2D eigenvalue weighted by Crippen LogP contribution is -2.49. The summed E-state index contributed by atoms with van der Waals surface area (Å²) in [6.07, 6.45) is 3.80. The molecular weight excluding hydrogens is 458 g/mol. The Bertz CT molecular complexity index is 1120. The third kappa shape index (κ3) is 4.56. The highest BCUT2D eigenvalue weighted by Crippen LogP contribution is 2.47. The van der Waals surface area contributed by atoms with E-state index in [2.05, 4.69) is 77.7 Å². The van der Waals surface area contributed by atoms with Crippen LogP contribution in [-0.2, 0) is 24.6 Å². The highest BCUT2D eigenvalue weighted by atomic mass is 32.2. The molecule has 3 aromatic rings. The lowest BCUT2D eigenvalue weighted by atomic mass is 9.79. The Kier molecular flexibility index (Phi) is 6.82. The second-order valence-electron chi connectivity index (χ2n) is 9.67. The van der Waals surface area contributed by atoms with E-state index in [-0.39, 0.29) is 17.3 Å². The van der Waals surface area contributed by atoms with Crippen molar-refractivity contribution in [2.45, 2.75) is 42.9 Å². The Hall–Kier alpha value is -2.51. The summed E-state index contributed by atoms with van der Waals surface area (Å²) in [7, 11) is -2.27. The van der Waals surface area contributed by atoms with Crippen molar-refractivity contribution in [3.8, 4) is 0 Å². The van der Waals surface area contributed by atoms with Crippen LogP contribution in [0.25, 0.3) is 0 Å². The number of ether oxygens (including phenoxy) is 1. The quantitative estimate of drug-likeness (QED) is 0.313. The summed E-state index contributed by atoms with van der Waals surface area (Å²) in [5, 5.41) is 0. The number of hydrogen-bond donors (Lipinski definition) is 0. The fraction of sp³-hybridized carbons (Fsp3) is 0.379. The zero-order chi connectivity index (χ0) is 24.4. The average molecular weight is 492 g/mol. The van der Waals surface area contributed by atoms with Crippen molar-refractivity contribution < 1.29 is 17.3 Å². The molecule has 0 spiro atoms. The van der Waals surface area contributed by atoms with Crippen LogP contribution in [0.15, 0.2) is 91.0 Å². The average Bonchev–Trinajstić information content (AvgIpc) is 3.46. The second kappa shape index (κ2) is 9.86. The summed E-state index contributed by atoms with van der Waals surface area (Å²) in [6, 6.07) is 31.2. The Morgan fingerprint density at radius 3 is 1.86 bits per heavy atom. The first-order chi connectivity index (χ1) is 17.0. The normalized spacial score (nSPS) is 22.8. The SMILES string of the molecule is COS(=O)(=O)C[C@@H]1CC[C@]2(COC(c3ccccc3)(c3ccccc3)c3ccccc3)CCCN12. The highest BCUT2D eigenvalue weighted by Gasteiger charge is 2.52. The molecule has 2 atom stereocenters. The number of nitrogens with zero attached hydrogens (tertiary/aromatic N) is 1. The Balaban J connectivity index is 1.54. The van der Waals surface area contributed by atoms with Gasteiger partial charge in [0.15, 0.2) is 0 Å².